The third-order valence-corrected chi connectivity index (χ3v) is 4.96. The van der Waals surface area contributed by atoms with Crippen LogP contribution in [0, 0.1) is 5.92 Å². The maximum atomic E-state index is 12.5. The van der Waals surface area contributed by atoms with E-state index in [9.17, 15) is 4.79 Å². The van der Waals surface area contributed by atoms with Gasteiger partial charge >= 0.3 is 0 Å². The molecule has 1 saturated heterocycles. The van der Waals surface area contributed by atoms with Crippen LogP contribution in [-0.2, 0) is 4.79 Å². The molecular formula is C17H25ClN2O. The van der Waals surface area contributed by atoms with E-state index in [4.69, 9.17) is 5.73 Å². The summed E-state index contributed by atoms with van der Waals surface area (Å²) >= 11 is 0. The van der Waals surface area contributed by atoms with Gasteiger partial charge in [0.05, 0.1) is 5.92 Å². The maximum Gasteiger partial charge on any atom is 0.227 e. The highest BCUT2D eigenvalue weighted by molar-refractivity contribution is 5.85. The Hall–Kier alpha value is -1.06. The van der Waals surface area contributed by atoms with Gasteiger partial charge in [0.2, 0.25) is 5.91 Å². The summed E-state index contributed by atoms with van der Waals surface area (Å²) in [6.07, 6.45) is 5.27. The Morgan fingerprint density at radius 3 is 2.29 bits per heavy atom. The molecule has 1 saturated carbocycles. The molecule has 2 atom stereocenters. The number of hydrogen-bond acceptors (Lipinski definition) is 2. The molecule has 116 valence electrons. The fourth-order valence-electron chi connectivity index (χ4n) is 3.69. The smallest absolute Gasteiger partial charge is 0.227 e. The lowest BCUT2D eigenvalue weighted by Gasteiger charge is -2.34. The minimum Gasteiger partial charge on any atom is -0.342 e. The minimum absolute atomic E-state index is 0. The monoisotopic (exact) mass is 308 g/mol. The van der Waals surface area contributed by atoms with Crippen LogP contribution in [0.1, 0.15) is 43.6 Å². The van der Waals surface area contributed by atoms with Gasteiger partial charge in [-0.2, -0.15) is 0 Å². The molecule has 3 rings (SSSR count). The minimum atomic E-state index is 0. The Labute approximate surface area is 133 Å². The van der Waals surface area contributed by atoms with E-state index in [2.05, 4.69) is 35.2 Å². The Balaban J connectivity index is 0.00000161. The number of carbonyl (C=O) groups excluding carboxylic acids is 1. The first-order chi connectivity index (χ1) is 9.75. The summed E-state index contributed by atoms with van der Waals surface area (Å²) in [5, 5.41) is 0. The van der Waals surface area contributed by atoms with Crippen LogP contribution >= 0.6 is 12.4 Å². The van der Waals surface area contributed by atoms with Crippen LogP contribution in [0.4, 0.5) is 0 Å². The van der Waals surface area contributed by atoms with Gasteiger partial charge in [0.15, 0.2) is 0 Å². The molecule has 2 fully saturated rings. The molecule has 2 aliphatic rings. The molecule has 0 bridgehead atoms. The third-order valence-electron chi connectivity index (χ3n) is 4.96. The molecule has 0 spiro atoms. The largest absolute Gasteiger partial charge is 0.342 e. The van der Waals surface area contributed by atoms with Crippen molar-refractivity contribution >= 4 is 18.3 Å². The van der Waals surface area contributed by atoms with Crippen LogP contribution in [0.3, 0.4) is 0 Å². The molecule has 2 unspecified atom stereocenters. The number of benzene rings is 1. The van der Waals surface area contributed by atoms with Gasteiger partial charge in [-0.15, -0.1) is 12.4 Å². The number of nitrogens with zero attached hydrogens (tertiary/aromatic N) is 1. The average molecular weight is 309 g/mol. The lowest BCUT2D eigenvalue weighted by atomic mass is 9.89. The Morgan fingerprint density at radius 2 is 1.71 bits per heavy atom. The zero-order valence-corrected chi connectivity index (χ0v) is 13.2. The van der Waals surface area contributed by atoms with Crippen molar-refractivity contribution in [2.75, 3.05) is 13.1 Å². The fraction of sp³-hybridized carbons (Fsp3) is 0.588. The molecule has 3 nitrogen and oxygen atoms in total. The van der Waals surface area contributed by atoms with E-state index in [-0.39, 0.29) is 24.4 Å². The predicted molar refractivity (Wildman–Crippen MR) is 87.6 cm³/mol. The van der Waals surface area contributed by atoms with Gasteiger partial charge in [0.25, 0.3) is 0 Å². The highest BCUT2D eigenvalue weighted by atomic mass is 35.5. The highest BCUT2D eigenvalue weighted by Crippen LogP contribution is 2.31. The molecule has 1 amide bonds. The molecule has 0 radical (unpaired) electrons. The summed E-state index contributed by atoms with van der Waals surface area (Å²) in [4.78, 5) is 14.6. The van der Waals surface area contributed by atoms with Gasteiger partial charge in [-0.1, -0.05) is 36.8 Å². The summed E-state index contributed by atoms with van der Waals surface area (Å²) in [5.74, 6) is 1.00. The summed E-state index contributed by atoms with van der Waals surface area (Å²) in [7, 11) is 0. The second-order valence-corrected chi connectivity index (χ2v) is 6.21. The lowest BCUT2D eigenvalue weighted by molar-refractivity contribution is -0.136. The van der Waals surface area contributed by atoms with Crippen molar-refractivity contribution in [3.63, 3.8) is 0 Å². The lowest BCUT2D eigenvalue weighted by Crippen LogP contribution is -2.45. The number of halogens is 1. The van der Waals surface area contributed by atoms with E-state index >= 15 is 0 Å². The van der Waals surface area contributed by atoms with E-state index in [1.54, 1.807) is 0 Å². The van der Waals surface area contributed by atoms with Gasteiger partial charge in [-0.25, -0.2) is 0 Å². The van der Waals surface area contributed by atoms with Crippen molar-refractivity contribution in [1.82, 2.24) is 4.90 Å². The maximum absolute atomic E-state index is 12.5. The van der Waals surface area contributed by atoms with E-state index in [1.807, 2.05) is 0 Å². The van der Waals surface area contributed by atoms with Crippen LogP contribution in [0.25, 0.3) is 0 Å². The van der Waals surface area contributed by atoms with E-state index in [1.165, 1.54) is 5.56 Å². The molecule has 1 aromatic rings. The number of nitrogens with two attached hydrogens (primary N) is 1. The summed E-state index contributed by atoms with van der Waals surface area (Å²) in [6, 6.07) is 10.8. The standard InChI is InChI=1S/C17H24N2O.ClH/c18-16-8-4-7-15(16)17(20)19-11-9-14(10-12-19)13-5-2-1-3-6-13;/h1-3,5-6,14-16H,4,7-12,18H2;1H. The number of likely N-dealkylation sites (tertiary alicyclic amines) is 1. The Bertz CT molecular complexity index is 457. The number of piperidine rings is 1. The molecule has 1 heterocycles. The molecule has 4 heteroatoms. The van der Waals surface area contributed by atoms with E-state index < -0.39 is 0 Å². The molecular weight excluding hydrogens is 284 g/mol. The van der Waals surface area contributed by atoms with Crippen LogP contribution in [0.2, 0.25) is 0 Å². The Kier molecular flexibility index (Phi) is 5.65. The summed E-state index contributed by atoms with van der Waals surface area (Å²) < 4.78 is 0. The van der Waals surface area contributed by atoms with E-state index in [0.29, 0.717) is 11.8 Å². The van der Waals surface area contributed by atoms with Crippen molar-refractivity contribution in [3.8, 4) is 0 Å². The summed E-state index contributed by atoms with van der Waals surface area (Å²) in [5.41, 5.74) is 7.47. The number of carbonyl (C=O) groups is 1. The first-order valence-corrected chi connectivity index (χ1v) is 7.85. The number of amides is 1. The van der Waals surface area contributed by atoms with Crippen LogP contribution in [-0.4, -0.2) is 29.9 Å². The topological polar surface area (TPSA) is 46.3 Å². The van der Waals surface area contributed by atoms with Gasteiger partial charge < -0.3 is 10.6 Å². The van der Waals surface area contributed by atoms with Crippen molar-refractivity contribution in [1.29, 1.82) is 0 Å². The average Bonchev–Trinajstić information content (AvgIpc) is 2.94. The normalized spacial score (nSPS) is 26.4. The quantitative estimate of drug-likeness (QED) is 0.913. The molecule has 2 N–H and O–H groups in total. The fourth-order valence-corrected chi connectivity index (χ4v) is 3.69. The molecule has 1 aliphatic heterocycles. The van der Waals surface area contributed by atoms with E-state index in [0.717, 1.165) is 45.2 Å². The van der Waals surface area contributed by atoms with Gasteiger partial charge in [-0.3, -0.25) is 4.79 Å². The number of rotatable bonds is 2. The van der Waals surface area contributed by atoms with Gasteiger partial charge in [0, 0.05) is 19.1 Å². The molecule has 1 aromatic carbocycles. The predicted octanol–water partition coefficient (Wildman–Crippen LogP) is 2.94. The third kappa shape index (κ3) is 3.58. The van der Waals surface area contributed by atoms with Crippen LogP contribution in [0.5, 0.6) is 0 Å². The zero-order chi connectivity index (χ0) is 13.9. The first-order valence-electron chi connectivity index (χ1n) is 7.85. The number of hydrogen-bond donors (Lipinski definition) is 1. The second kappa shape index (κ2) is 7.28. The SMILES string of the molecule is Cl.NC1CCCC1C(=O)N1CCC(c2ccccc2)CC1. The van der Waals surface area contributed by atoms with Crippen molar-refractivity contribution in [2.45, 2.75) is 44.1 Å². The van der Waals surface area contributed by atoms with Gasteiger partial charge in [0.1, 0.15) is 0 Å². The summed E-state index contributed by atoms with van der Waals surface area (Å²) in [6.45, 7) is 1.78. The molecule has 0 aromatic heterocycles. The zero-order valence-electron chi connectivity index (χ0n) is 12.4. The second-order valence-electron chi connectivity index (χ2n) is 6.21. The van der Waals surface area contributed by atoms with Crippen LogP contribution in [0.15, 0.2) is 30.3 Å². The van der Waals surface area contributed by atoms with Crippen molar-refractivity contribution in [2.24, 2.45) is 11.7 Å². The van der Waals surface area contributed by atoms with Crippen LogP contribution < -0.4 is 5.73 Å². The van der Waals surface area contributed by atoms with Crippen molar-refractivity contribution in [3.05, 3.63) is 35.9 Å². The molecule has 21 heavy (non-hydrogen) atoms. The van der Waals surface area contributed by atoms with Crippen molar-refractivity contribution < 1.29 is 4.79 Å². The highest BCUT2D eigenvalue weighted by Gasteiger charge is 2.34. The van der Waals surface area contributed by atoms with Gasteiger partial charge in [-0.05, 0) is 37.2 Å². The Morgan fingerprint density at radius 1 is 1.05 bits per heavy atom. The molecule has 1 aliphatic carbocycles. The first kappa shape index (κ1) is 16.3.